The number of nitrogens with zero attached hydrogens (tertiary/aromatic N) is 3. The zero-order valence-corrected chi connectivity index (χ0v) is 17.7. The Labute approximate surface area is 174 Å². The summed E-state index contributed by atoms with van der Waals surface area (Å²) in [7, 11) is 3.40. The summed E-state index contributed by atoms with van der Waals surface area (Å²) in [6.45, 7) is 4.10. The zero-order chi connectivity index (χ0) is 20.8. The second-order valence-corrected chi connectivity index (χ2v) is 7.52. The van der Waals surface area contributed by atoms with E-state index in [0.717, 1.165) is 20.9 Å². The molecule has 0 spiro atoms. The van der Waals surface area contributed by atoms with Gasteiger partial charge in [0.15, 0.2) is 17.6 Å². The van der Waals surface area contributed by atoms with Crippen LogP contribution in [0.5, 0.6) is 11.5 Å². The van der Waals surface area contributed by atoms with Crippen molar-refractivity contribution >= 4 is 38.8 Å². The molecule has 0 aliphatic heterocycles. The number of hydrazone groups is 1. The summed E-state index contributed by atoms with van der Waals surface area (Å²) in [5, 5.41) is 4.99. The van der Waals surface area contributed by atoms with Crippen molar-refractivity contribution in [2.45, 2.75) is 20.0 Å². The minimum atomic E-state index is -0.607. The highest BCUT2D eigenvalue weighted by Gasteiger charge is 2.18. The Kier molecular flexibility index (Phi) is 6.66. The Balaban J connectivity index is 1.71. The van der Waals surface area contributed by atoms with E-state index in [9.17, 15) is 4.79 Å². The summed E-state index contributed by atoms with van der Waals surface area (Å²) >= 11 is 1.54. The van der Waals surface area contributed by atoms with E-state index in [-0.39, 0.29) is 5.91 Å². The summed E-state index contributed by atoms with van der Waals surface area (Å²) in [4.78, 5) is 18.0. The fourth-order valence-corrected chi connectivity index (χ4v) is 3.47. The molecular weight excluding hydrogens is 388 g/mol. The molecule has 29 heavy (non-hydrogen) atoms. The number of anilines is 1. The molecule has 0 aliphatic carbocycles. The number of rotatable bonds is 8. The van der Waals surface area contributed by atoms with Crippen LogP contribution in [0.2, 0.25) is 0 Å². The molecule has 152 valence electrons. The predicted octanol–water partition coefficient (Wildman–Crippen LogP) is 4.00. The summed E-state index contributed by atoms with van der Waals surface area (Å²) < 4.78 is 12.6. The van der Waals surface area contributed by atoms with Crippen LogP contribution in [-0.2, 0) is 4.79 Å². The van der Waals surface area contributed by atoms with Gasteiger partial charge in [-0.2, -0.15) is 5.10 Å². The van der Waals surface area contributed by atoms with Crippen LogP contribution < -0.4 is 14.9 Å². The van der Waals surface area contributed by atoms with Crippen molar-refractivity contribution in [3.05, 3.63) is 48.0 Å². The van der Waals surface area contributed by atoms with Gasteiger partial charge in [0.1, 0.15) is 0 Å². The van der Waals surface area contributed by atoms with Gasteiger partial charge in [0.2, 0.25) is 5.13 Å². The van der Waals surface area contributed by atoms with Crippen LogP contribution in [0, 0.1) is 0 Å². The summed E-state index contributed by atoms with van der Waals surface area (Å²) in [6.07, 6.45) is 1.08. The number of para-hydroxylation sites is 1. The number of amides is 1. The number of likely N-dealkylation sites (N-methyl/N-ethyl adjacent to an activating group) is 1. The monoisotopic (exact) mass is 412 g/mol. The highest BCUT2D eigenvalue weighted by molar-refractivity contribution is 7.22. The molecule has 1 N–H and O–H groups in total. The number of nitrogens with one attached hydrogen (secondary N) is 1. The summed E-state index contributed by atoms with van der Waals surface area (Å²) in [6, 6.07) is 13.4. The third kappa shape index (κ3) is 5.23. The van der Waals surface area contributed by atoms with Crippen LogP contribution in [0.15, 0.2) is 47.6 Å². The second-order valence-electron chi connectivity index (χ2n) is 6.49. The quantitative estimate of drug-likeness (QED) is 0.447. The van der Waals surface area contributed by atoms with E-state index in [1.807, 2.05) is 43.3 Å². The van der Waals surface area contributed by atoms with Gasteiger partial charge in [-0.25, -0.2) is 4.98 Å². The Morgan fingerprint density at radius 1 is 1.28 bits per heavy atom. The average Bonchev–Trinajstić information content (AvgIpc) is 3.12. The molecule has 7 nitrogen and oxygen atoms in total. The normalized spacial score (nSPS) is 12.1. The van der Waals surface area contributed by atoms with Crippen LogP contribution in [0.25, 0.3) is 10.2 Å². The van der Waals surface area contributed by atoms with Crippen molar-refractivity contribution < 1.29 is 14.3 Å². The van der Waals surface area contributed by atoms with Crippen LogP contribution in [0.3, 0.4) is 0 Å². The van der Waals surface area contributed by atoms with Crippen molar-refractivity contribution in [3.8, 4) is 11.5 Å². The Bertz CT molecular complexity index is 983. The molecule has 0 bridgehead atoms. The van der Waals surface area contributed by atoms with E-state index in [4.69, 9.17) is 9.47 Å². The lowest BCUT2D eigenvalue weighted by Gasteiger charge is -2.20. The van der Waals surface area contributed by atoms with Crippen molar-refractivity contribution in [1.82, 2.24) is 9.88 Å². The maximum atomic E-state index is 12.0. The molecule has 1 aromatic heterocycles. The molecule has 3 aromatic rings. The number of fused-ring (bicyclic) bond motifs is 1. The molecule has 8 heteroatoms. The van der Waals surface area contributed by atoms with Gasteiger partial charge in [-0.1, -0.05) is 23.5 Å². The Morgan fingerprint density at radius 3 is 2.79 bits per heavy atom. The van der Waals surface area contributed by atoms with Gasteiger partial charge in [0, 0.05) is 14.1 Å². The number of aromatic nitrogens is 1. The molecule has 0 saturated carbocycles. The number of carbonyl (C=O) groups excluding carboxylic acids is 1. The minimum absolute atomic E-state index is 0.113. The standard InChI is InChI=1S/C21H24N4O3S/c1-5-27-18-12-15(10-11-17(18)28-14(2)20(26)25(3)4)13-22-24-21-23-16-8-6-7-9-19(16)29-21/h6-14H,5H2,1-4H3,(H,23,24)/b22-13-/t14-/m0/s1. The number of thiazole rings is 1. The lowest BCUT2D eigenvalue weighted by atomic mass is 10.2. The highest BCUT2D eigenvalue weighted by atomic mass is 32.1. The molecule has 1 atom stereocenters. The first-order valence-corrected chi connectivity index (χ1v) is 10.1. The van der Waals surface area contributed by atoms with Crippen LogP contribution >= 0.6 is 11.3 Å². The van der Waals surface area contributed by atoms with Gasteiger partial charge in [0.05, 0.1) is 23.0 Å². The van der Waals surface area contributed by atoms with Gasteiger partial charge in [-0.05, 0) is 49.7 Å². The van der Waals surface area contributed by atoms with Gasteiger partial charge in [-0.15, -0.1) is 0 Å². The number of ether oxygens (including phenoxy) is 2. The molecular formula is C21H24N4O3S. The maximum Gasteiger partial charge on any atom is 0.262 e. The average molecular weight is 413 g/mol. The van der Waals surface area contributed by atoms with E-state index >= 15 is 0 Å². The highest BCUT2D eigenvalue weighted by Crippen LogP contribution is 2.29. The number of carbonyl (C=O) groups is 1. The van der Waals surface area contributed by atoms with Crippen molar-refractivity contribution in [2.75, 3.05) is 26.1 Å². The molecule has 0 saturated heterocycles. The lowest BCUT2D eigenvalue weighted by molar-refractivity contribution is -0.135. The fourth-order valence-electron chi connectivity index (χ4n) is 2.66. The molecule has 0 fully saturated rings. The topological polar surface area (TPSA) is 76.0 Å². The first kappa shape index (κ1) is 20.6. The van der Waals surface area contributed by atoms with Crippen molar-refractivity contribution in [1.29, 1.82) is 0 Å². The Morgan fingerprint density at radius 2 is 2.07 bits per heavy atom. The molecule has 1 amide bonds. The first-order chi connectivity index (χ1) is 14.0. The molecule has 0 unspecified atom stereocenters. The minimum Gasteiger partial charge on any atom is -0.490 e. The van der Waals surface area contributed by atoms with Crippen LogP contribution in [-0.4, -0.2) is 48.8 Å². The smallest absolute Gasteiger partial charge is 0.262 e. The first-order valence-electron chi connectivity index (χ1n) is 9.27. The molecule has 3 rings (SSSR count). The largest absolute Gasteiger partial charge is 0.490 e. The number of hydrogen-bond donors (Lipinski definition) is 1. The van der Waals surface area contributed by atoms with E-state index in [1.165, 1.54) is 4.90 Å². The second kappa shape index (κ2) is 9.38. The third-order valence-corrected chi connectivity index (χ3v) is 4.97. The van der Waals surface area contributed by atoms with E-state index in [2.05, 4.69) is 15.5 Å². The fraction of sp³-hybridized carbons (Fsp3) is 0.286. The van der Waals surface area contributed by atoms with Crippen LogP contribution in [0.4, 0.5) is 5.13 Å². The molecule has 1 heterocycles. The number of benzene rings is 2. The molecule has 0 radical (unpaired) electrons. The van der Waals surface area contributed by atoms with Gasteiger partial charge in [0.25, 0.3) is 5.91 Å². The molecule has 0 aliphatic rings. The molecule has 2 aromatic carbocycles. The summed E-state index contributed by atoms with van der Waals surface area (Å²) in [5.41, 5.74) is 4.74. The summed E-state index contributed by atoms with van der Waals surface area (Å²) in [5.74, 6) is 0.971. The third-order valence-electron chi connectivity index (χ3n) is 4.03. The van der Waals surface area contributed by atoms with Crippen LogP contribution in [0.1, 0.15) is 19.4 Å². The SMILES string of the molecule is CCOc1cc(/C=N\Nc2nc3ccccc3s2)ccc1O[C@@H](C)C(=O)N(C)C. The predicted molar refractivity (Wildman–Crippen MR) is 117 cm³/mol. The maximum absolute atomic E-state index is 12.0. The van der Waals surface area contributed by atoms with Crippen molar-refractivity contribution in [3.63, 3.8) is 0 Å². The lowest BCUT2D eigenvalue weighted by Crippen LogP contribution is -2.35. The zero-order valence-electron chi connectivity index (χ0n) is 16.9. The van der Waals surface area contributed by atoms with E-state index in [0.29, 0.717) is 18.1 Å². The van der Waals surface area contributed by atoms with E-state index < -0.39 is 6.10 Å². The van der Waals surface area contributed by atoms with Gasteiger partial charge < -0.3 is 14.4 Å². The van der Waals surface area contributed by atoms with E-state index in [1.54, 1.807) is 44.6 Å². The van der Waals surface area contributed by atoms with Gasteiger partial charge >= 0.3 is 0 Å². The van der Waals surface area contributed by atoms with Crippen molar-refractivity contribution in [2.24, 2.45) is 5.10 Å². The van der Waals surface area contributed by atoms with Gasteiger partial charge in [-0.3, -0.25) is 10.2 Å². The number of hydrogen-bond acceptors (Lipinski definition) is 7. The Hall–Kier alpha value is -3.13.